The van der Waals surface area contributed by atoms with E-state index in [1.54, 1.807) is 7.05 Å². The molecule has 0 aromatic heterocycles. The molecule has 5 heteroatoms. The van der Waals surface area contributed by atoms with Crippen molar-refractivity contribution in [3.63, 3.8) is 0 Å². The third-order valence-corrected chi connectivity index (χ3v) is 2.14. The summed E-state index contributed by atoms with van der Waals surface area (Å²) in [6.07, 6.45) is -0.298. The van der Waals surface area contributed by atoms with E-state index in [1.165, 1.54) is 12.0 Å². The lowest BCUT2D eigenvalue weighted by atomic mass is 10.00. The zero-order chi connectivity index (χ0) is 11.3. The van der Waals surface area contributed by atoms with Gasteiger partial charge in [0.2, 0.25) is 5.91 Å². The Hall–Kier alpha value is -1.26. The number of amides is 2. The van der Waals surface area contributed by atoms with E-state index in [9.17, 15) is 9.59 Å². The summed E-state index contributed by atoms with van der Waals surface area (Å²) in [5.41, 5.74) is 5.09. The maximum Gasteiger partial charge on any atom is 0.409 e. The molecule has 0 saturated heterocycles. The normalized spacial score (nSPS) is 12.4. The van der Waals surface area contributed by atoms with Crippen LogP contribution in [0.3, 0.4) is 0 Å². The third-order valence-electron chi connectivity index (χ3n) is 2.14. The molecule has 5 nitrogen and oxygen atoms in total. The van der Waals surface area contributed by atoms with Gasteiger partial charge in [-0.2, -0.15) is 0 Å². The molecule has 0 radical (unpaired) electrons. The summed E-state index contributed by atoms with van der Waals surface area (Å²) in [5, 5.41) is 0. The second-order valence-corrected chi connectivity index (χ2v) is 3.56. The Balaban J connectivity index is 4.48. The van der Waals surface area contributed by atoms with Gasteiger partial charge in [0.05, 0.1) is 7.11 Å². The predicted octanol–water partition coefficient (Wildman–Crippen LogP) is 0.585. The molecule has 0 aromatic carbocycles. The largest absolute Gasteiger partial charge is 0.453 e. The number of hydrogen-bond acceptors (Lipinski definition) is 3. The zero-order valence-electron chi connectivity index (χ0n) is 9.11. The first-order valence-corrected chi connectivity index (χ1v) is 4.49. The topological polar surface area (TPSA) is 72.6 Å². The summed E-state index contributed by atoms with van der Waals surface area (Å²) >= 11 is 0. The highest BCUT2D eigenvalue weighted by Gasteiger charge is 2.24. The molecule has 0 fully saturated rings. The summed E-state index contributed by atoms with van der Waals surface area (Å²) < 4.78 is 4.56. The molecule has 1 atom stereocenters. The van der Waals surface area contributed by atoms with Gasteiger partial charge in [-0.15, -0.1) is 0 Å². The summed E-state index contributed by atoms with van der Waals surface area (Å²) in [6, 6.07) is -0.208. The Bertz CT molecular complexity index is 216. The smallest absolute Gasteiger partial charge is 0.409 e. The number of methoxy groups -OCH3 is 1. The summed E-state index contributed by atoms with van der Waals surface area (Å²) in [7, 11) is 2.90. The highest BCUT2D eigenvalue weighted by Crippen LogP contribution is 2.13. The molecular weight excluding hydrogens is 184 g/mol. The van der Waals surface area contributed by atoms with Gasteiger partial charge >= 0.3 is 6.09 Å². The van der Waals surface area contributed by atoms with E-state index in [4.69, 9.17) is 5.73 Å². The van der Waals surface area contributed by atoms with Crippen LogP contribution in [0, 0.1) is 5.92 Å². The summed E-state index contributed by atoms with van der Waals surface area (Å²) in [6.45, 7) is 3.85. The SMILES string of the molecule is COC(=O)N(C)C(CC(N)=O)C(C)C. The van der Waals surface area contributed by atoms with Crippen molar-refractivity contribution in [1.29, 1.82) is 0 Å². The van der Waals surface area contributed by atoms with Gasteiger partial charge in [-0.25, -0.2) is 4.79 Å². The van der Waals surface area contributed by atoms with Gasteiger partial charge in [0.1, 0.15) is 0 Å². The van der Waals surface area contributed by atoms with Crippen LogP contribution in [-0.4, -0.2) is 37.1 Å². The molecule has 0 saturated carbocycles. The van der Waals surface area contributed by atoms with Gasteiger partial charge in [0.25, 0.3) is 0 Å². The van der Waals surface area contributed by atoms with E-state index in [1.807, 2.05) is 13.8 Å². The van der Waals surface area contributed by atoms with Crippen molar-refractivity contribution in [2.24, 2.45) is 11.7 Å². The van der Waals surface area contributed by atoms with E-state index in [0.29, 0.717) is 0 Å². The molecule has 0 spiro atoms. The van der Waals surface area contributed by atoms with Crippen molar-refractivity contribution >= 4 is 12.0 Å². The molecule has 0 aromatic rings. The van der Waals surface area contributed by atoms with E-state index in [0.717, 1.165) is 0 Å². The molecule has 82 valence electrons. The molecule has 0 bridgehead atoms. The van der Waals surface area contributed by atoms with Crippen molar-refractivity contribution in [2.45, 2.75) is 26.3 Å². The van der Waals surface area contributed by atoms with Crippen molar-refractivity contribution in [3.8, 4) is 0 Å². The van der Waals surface area contributed by atoms with Gasteiger partial charge in [-0.1, -0.05) is 13.8 Å². The van der Waals surface area contributed by atoms with Crippen LogP contribution in [0.4, 0.5) is 4.79 Å². The van der Waals surface area contributed by atoms with Gasteiger partial charge in [-0.3, -0.25) is 4.79 Å². The minimum Gasteiger partial charge on any atom is -0.453 e. The molecule has 0 aliphatic heterocycles. The van der Waals surface area contributed by atoms with Crippen LogP contribution in [0.25, 0.3) is 0 Å². The fourth-order valence-electron chi connectivity index (χ4n) is 1.31. The average Bonchev–Trinajstić information content (AvgIpc) is 2.11. The molecule has 14 heavy (non-hydrogen) atoms. The number of ether oxygens (including phenoxy) is 1. The first kappa shape index (κ1) is 12.7. The molecule has 1 unspecified atom stereocenters. The van der Waals surface area contributed by atoms with Crippen LogP contribution in [0.5, 0.6) is 0 Å². The average molecular weight is 202 g/mol. The summed E-state index contributed by atoms with van der Waals surface area (Å²) in [5.74, 6) is -0.258. The van der Waals surface area contributed by atoms with Crippen LogP contribution in [0.2, 0.25) is 0 Å². The fraction of sp³-hybridized carbons (Fsp3) is 0.778. The lowest BCUT2D eigenvalue weighted by Crippen LogP contribution is -2.42. The van der Waals surface area contributed by atoms with Gasteiger partial charge in [-0.05, 0) is 5.92 Å². The van der Waals surface area contributed by atoms with E-state index >= 15 is 0 Å². The second-order valence-electron chi connectivity index (χ2n) is 3.56. The van der Waals surface area contributed by atoms with E-state index in [-0.39, 0.29) is 18.4 Å². The first-order chi connectivity index (χ1) is 6.40. The quantitative estimate of drug-likeness (QED) is 0.725. The molecular formula is C9H18N2O3. The number of carbonyl (C=O) groups excluding carboxylic acids is 2. The van der Waals surface area contributed by atoms with Gasteiger partial charge in [0, 0.05) is 19.5 Å². The number of nitrogens with zero attached hydrogens (tertiary/aromatic N) is 1. The standard InChI is InChI=1S/C9H18N2O3/c1-6(2)7(5-8(10)12)11(3)9(13)14-4/h6-7H,5H2,1-4H3,(H2,10,12). The summed E-state index contributed by atoms with van der Waals surface area (Å²) in [4.78, 5) is 23.4. The predicted molar refractivity (Wildman–Crippen MR) is 52.6 cm³/mol. The number of hydrogen-bond donors (Lipinski definition) is 1. The molecule has 0 rings (SSSR count). The van der Waals surface area contributed by atoms with E-state index < -0.39 is 12.0 Å². The Labute approximate surface area is 84.2 Å². The molecule has 0 heterocycles. The third kappa shape index (κ3) is 3.64. The van der Waals surface area contributed by atoms with Crippen molar-refractivity contribution in [1.82, 2.24) is 4.90 Å². The van der Waals surface area contributed by atoms with Crippen molar-refractivity contribution < 1.29 is 14.3 Å². The Morgan fingerprint density at radius 3 is 2.21 bits per heavy atom. The number of primary amides is 1. The second kappa shape index (κ2) is 5.47. The van der Waals surface area contributed by atoms with Crippen LogP contribution >= 0.6 is 0 Å². The van der Waals surface area contributed by atoms with Crippen LogP contribution in [0.15, 0.2) is 0 Å². The van der Waals surface area contributed by atoms with Crippen molar-refractivity contribution in [3.05, 3.63) is 0 Å². The number of rotatable bonds is 4. The van der Waals surface area contributed by atoms with Crippen LogP contribution in [-0.2, 0) is 9.53 Å². The monoisotopic (exact) mass is 202 g/mol. The highest BCUT2D eigenvalue weighted by atomic mass is 16.5. The maximum absolute atomic E-state index is 11.2. The Morgan fingerprint density at radius 1 is 1.43 bits per heavy atom. The Morgan fingerprint density at radius 2 is 1.93 bits per heavy atom. The van der Waals surface area contributed by atoms with Crippen LogP contribution in [0.1, 0.15) is 20.3 Å². The molecule has 0 aliphatic rings. The van der Waals surface area contributed by atoms with Gasteiger partial charge in [0.15, 0.2) is 0 Å². The molecule has 0 aliphatic carbocycles. The first-order valence-electron chi connectivity index (χ1n) is 4.49. The lowest BCUT2D eigenvalue weighted by Gasteiger charge is -2.29. The Kier molecular flexibility index (Phi) is 4.97. The fourth-order valence-corrected chi connectivity index (χ4v) is 1.31. The zero-order valence-corrected chi connectivity index (χ0v) is 9.11. The highest BCUT2D eigenvalue weighted by molar-refractivity contribution is 5.75. The minimum atomic E-state index is -0.454. The molecule has 2 amide bonds. The number of carbonyl (C=O) groups is 2. The maximum atomic E-state index is 11.2. The van der Waals surface area contributed by atoms with Crippen molar-refractivity contribution in [2.75, 3.05) is 14.2 Å². The minimum absolute atomic E-state index is 0.156. The molecule has 2 N–H and O–H groups in total. The van der Waals surface area contributed by atoms with Crippen LogP contribution < -0.4 is 5.73 Å². The number of nitrogens with two attached hydrogens (primary N) is 1. The lowest BCUT2D eigenvalue weighted by molar-refractivity contribution is -0.119. The van der Waals surface area contributed by atoms with Gasteiger partial charge < -0.3 is 15.4 Å². The van der Waals surface area contributed by atoms with E-state index in [2.05, 4.69) is 4.74 Å².